The van der Waals surface area contributed by atoms with Crippen LogP contribution in [0.15, 0.2) is 96.0 Å². The molecule has 1 fully saturated rings. The molecule has 0 bridgehead atoms. The van der Waals surface area contributed by atoms with E-state index in [0.29, 0.717) is 24.2 Å². The third-order valence-electron chi connectivity index (χ3n) is 6.40. The number of benzene rings is 3. The van der Waals surface area contributed by atoms with E-state index in [1.54, 1.807) is 54.6 Å². The fourth-order valence-corrected chi connectivity index (χ4v) is 5.91. The number of para-hydroxylation sites is 1. The number of sulfone groups is 1. The van der Waals surface area contributed by atoms with Gasteiger partial charge in [0.05, 0.1) is 16.2 Å². The Morgan fingerprint density at radius 1 is 0.829 bits per heavy atom. The van der Waals surface area contributed by atoms with Gasteiger partial charge < -0.3 is 4.90 Å². The smallest absolute Gasteiger partial charge is 0.253 e. The van der Waals surface area contributed by atoms with Gasteiger partial charge in [0.15, 0.2) is 9.84 Å². The van der Waals surface area contributed by atoms with Gasteiger partial charge in [-0.3, -0.25) is 14.7 Å². The van der Waals surface area contributed by atoms with Crippen LogP contribution < -0.4 is 0 Å². The molecule has 1 aliphatic heterocycles. The molecule has 0 atom stereocenters. The zero-order chi connectivity index (χ0) is 24.3. The van der Waals surface area contributed by atoms with Crippen molar-refractivity contribution in [2.75, 3.05) is 26.2 Å². The molecule has 3 aromatic carbocycles. The lowest BCUT2D eigenvalue weighted by Crippen LogP contribution is -2.48. The Morgan fingerprint density at radius 2 is 1.57 bits per heavy atom. The highest BCUT2D eigenvalue weighted by molar-refractivity contribution is 7.90. The number of hydrogen-bond acceptors (Lipinski definition) is 5. The fourth-order valence-electron chi connectivity index (χ4n) is 4.55. The molecule has 1 aliphatic rings. The molecule has 4 aromatic rings. The topological polar surface area (TPSA) is 70.6 Å². The Kier molecular flexibility index (Phi) is 6.61. The molecule has 178 valence electrons. The van der Waals surface area contributed by atoms with Crippen molar-refractivity contribution >= 4 is 26.6 Å². The third-order valence-corrected chi connectivity index (χ3v) is 8.11. The average molecular weight is 486 g/mol. The number of carbonyl (C=O) groups is 1. The number of pyridine rings is 1. The van der Waals surface area contributed by atoms with E-state index in [1.807, 2.05) is 17.2 Å². The van der Waals surface area contributed by atoms with Crippen LogP contribution in [0.25, 0.3) is 10.9 Å². The standard InChI is InChI=1S/C28H27N3O3S/c32-28(24-9-4-7-22(19-24)21-35(33,34)26-12-2-1-3-13-26)31-17-15-30(16-18-31)20-25-10-5-8-23-11-6-14-29-27(23)25/h1-14,19H,15-18,20-21H2. The summed E-state index contributed by atoms with van der Waals surface area (Å²) in [5.41, 5.74) is 3.35. The van der Waals surface area contributed by atoms with Crippen LogP contribution in [0, 0.1) is 0 Å². The highest BCUT2D eigenvalue weighted by Crippen LogP contribution is 2.20. The molecule has 7 heteroatoms. The van der Waals surface area contributed by atoms with E-state index in [4.69, 9.17) is 0 Å². The first-order valence-corrected chi connectivity index (χ1v) is 13.4. The number of hydrogen-bond donors (Lipinski definition) is 0. The summed E-state index contributed by atoms with van der Waals surface area (Å²) in [6, 6.07) is 25.6. The summed E-state index contributed by atoms with van der Waals surface area (Å²) in [7, 11) is -3.47. The quantitative estimate of drug-likeness (QED) is 0.410. The van der Waals surface area contributed by atoms with Crippen molar-refractivity contribution in [2.24, 2.45) is 0 Å². The molecular weight excluding hydrogens is 458 g/mol. The van der Waals surface area contributed by atoms with Crippen molar-refractivity contribution in [1.29, 1.82) is 0 Å². The summed E-state index contributed by atoms with van der Waals surface area (Å²) in [6.07, 6.45) is 1.82. The minimum absolute atomic E-state index is 0.0598. The second kappa shape index (κ2) is 9.98. The van der Waals surface area contributed by atoms with Crippen molar-refractivity contribution in [1.82, 2.24) is 14.8 Å². The SMILES string of the molecule is O=C(c1cccc(CS(=O)(=O)c2ccccc2)c1)N1CCN(Cc2cccc3cccnc23)CC1. The molecule has 0 N–H and O–H groups in total. The number of amides is 1. The van der Waals surface area contributed by atoms with E-state index in [-0.39, 0.29) is 16.6 Å². The van der Waals surface area contributed by atoms with Gasteiger partial charge >= 0.3 is 0 Å². The highest BCUT2D eigenvalue weighted by atomic mass is 32.2. The minimum atomic E-state index is -3.47. The molecule has 0 unspecified atom stereocenters. The fraction of sp³-hybridized carbons (Fsp3) is 0.214. The molecule has 6 nitrogen and oxygen atoms in total. The predicted molar refractivity (Wildman–Crippen MR) is 137 cm³/mol. The number of rotatable bonds is 6. The van der Waals surface area contributed by atoms with Gasteiger partial charge in [-0.1, -0.05) is 54.6 Å². The van der Waals surface area contributed by atoms with Crippen LogP contribution >= 0.6 is 0 Å². The van der Waals surface area contributed by atoms with Crippen LogP contribution in [0.3, 0.4) is 0 Å². The third kappa shape index (κ3) is 5.26. The molecule has 0 spiro atoms. The van der Waals surface area contributed by atoms with E-state index in [2.05, 4.69) is 34.1 Å². The molecular formula is C28H27N3O3S. The van der Waals surface area contributed by atoms with Crippen molar-refractivity contribution in [3.05, 3.63) is 108 Å². The summed E-state index contributed by atoms with van der Waals surface area (Å²) >= 11 is 0. The van der Waals surface area contributed by atoms with E-state index in [1.165, 1.54) is 5.56 Å². The predicted octanol–water partition coefficient (Wildman–Crippen LogP) is 4.17. The lowest BCUT2D eigenvalue weighted by Gasteiger charge is -2.35. The van der Waals surface area contributed by atoms with Gasteiger partial charge in [-0.25, -0.2) is 8.42 Å². The van der Waals surface area contributed by atoms with Crippen LogP contribution in [-0.4, -0.2) is 55.3 Å². The normalized spacial score (nSPS) is 14.8. The Bertz CT molecular complexity index is 1440. The number of nitrogens with zero attached hydrogens (tertiary/aromatic N) is 3. The van der Waals surface area contributed by atoms with Gasteiger partial charge in [-0.05, 0) is 41.5 Å². The maximum atomic E-state index is 13.2. The van der Waals surface area contributed by atoms with Crippen LogP contribution in [0.1, 0.15) is 21.5 Å². The largest absolute Gasteiger partial charge is 0.336 e. The average Bonchev–Trinajstić information content (AvgIpc) is 2.89. The molecule has 1 aromatic heterocycles. The zero-order valence-electron chi connectivity index (χ0n) is 19.4. The molecule has 5 rings (SSSR count). The van der Waals surface area contributed by atoms with E-state index in [9.17, 15) is 13.2 Å². The van der Waals surface area contributed by atoms with Gasteiger partial charge in [-0.2, -0.15) is 0 Å². The van der Waals surface area contributed by atoms with Crippen LogP contribution in [0.4, 0.5) is 0 Å². The summed E-state index contributed by atoms with van der Waals surface area (Å²) < 4.78 is 25.5. The summed E-state index contributed by atoms with van der Waals surface area (Å²) in [5.74, 6) is -0.194. The van der Waals surface area contributed by atoms with Crippen molar-refractivity contribution in [3.63, 3.8) is 0 Å². The molecule has 1 amide bonds. The van der Waals surface area contributed by atoms with Gasteiger partial charge in [0.1, 0.15) is 0 Å². The molecule has 0 aliphatic carbocycles. The number of carbonyl (C=O) groups excluding carboxylic acids is 1. The van der Waals surface area contributed by atoms with Crippen molar-refractivity contribution in [2.45, 2.75) is 17.2 Å². The summed E-state index contributed by atoms with van der Waals surface area (Å²) in [5, 5.41) is 1.13. The maximum absolute atomic E-state index is 13.2. The molecule has 2 heterocycles. The van der Waals surface area contributed by atoms with Crippen molar-refractivity contribution < 1.29 is 13.2 Å². The summed E-state index contributed by atoms with van der Waals surface area (Å²) in [4.78, 5) is 22.2. The van der Waals surface area contributed by atoms with E-state index in [0.717, 1.165) is 30.5 Å². The van der Waals surface area contributed by atoms with Gasteiger partial charge in [-0.15, -0.1) is 0 Å². The van der Waals surface area contributed by atoms with E-state index < -0.39 is 9.84 Å². The van der Waals surface area contributed by atoms with Crippen molar-refractivity contribution in [3.8, 4) is 0 Å². The number of fused-ring (bicyclic) bond motifs is 1. The lowest BCUT2D eigenvalue weighted by atomic mass is 10.1. The zero-order valence-corrected chi connectivity index (χ0v) is 20.2. The Labute approximate surface area is 205 Å². The Morgan fingerprint density at radius 3 is 2.37 bits per heavy atom. The number of aromatic nitrogens is 1. The van der Waals surface area contributed by atoms with Crippen LogP contribution in [0.5, 0.6) is 0 Å². The van der Waals surface area contributed by atoms with Crippen LogP contribution in [0.2, 0.25) is 0 Å². The lowest BCUT2D eigenvalue weighted by molar-refractivity contribution is 0.0628. The highest BCUT2D eigenvalue weighted by Gasteiger charge is 2.23. The number of piperazine rings is 1. The molecule has 35 heavy (non-hydrogen) atoms. The molecule has 0 radical (unpaired) electrons. The maximum Gasteiger partial charge on any atom is 0.253 e. The van der Waals surface area contributed by atoms with Gasteiger partial charge in [0, 0.05) is 49.9 Å². The van der Waals surface area contributed by atoms with Gasteiger partial charge in [0.25, 0.3) is 5.91 Å². The monoisotopic (exact) mass is 485 g/mol. The second-order valence-corrected chi connectivity index (χ2v) is 10.8. The second-order valence-electron chi connectivity index (χ2n) is 8.83. The first-order chi connectivity index (χ1) is 17.0. The minimum Gasteiger partial charge on any atom is -0.336 e. The Balaban J connectivity index is 1.23. The van der Waals surface area contributed by atoms with Gasteiger partial charge in [0.2, 0.25) is 0 Å². The summed E-state index contributed by atoms with van der Waals surface area (Å²) in [6.45, 7) is 3.60. The first-order valence-electron chi connectivity index (χ1n) is 11.7. The molecule has 0 saturated carbocycles. The first kappa shape index (κ1) is 23.2. The van der Waals surface area contributed by atoms with E-state index >= 15 is 0 Å². The molecule has 1 saturated heterocycles. The Hall–Kier alpha value is -3.55. The van der Waals surface area contributed by atoms with Crippen LogP contribution in [-0.2, 0) is 22.1 Å².